The zero-order chi connectivity index (χ0) is 17.6. The minimum Gasteiger partial charge on any atom is -0.497 e. The lowest BCUT2D eigenvalue weighted by Crippen LogP contribution is -2.14. The van der Waals surface area contributed by atoms with Gasteiger partial charge < -0.3 is 15.4 Å². The first kappa shape index (κ1) is 17.0. The average Bonchev–Trinajstić information content (AvgIpc) is 2.64. The van der Waals surface area contributed by atoms with Crippen LogP contribution < -0.4 is 15.4 Å². The largest absolute Gasteiger partial charge is 0.497 e. The fraction of sp³-hybridized carbons (Fsp3) is 0.0526. The second-order valence-electron chi connectivity index (χ2n) is 5.21. The van der Waals surface area contributed by atoms with Gasteiger partial charge in [-0.15, -0.1) is 0 Å². The van der Waals surface area contributed by atoms with E-state index in [9.17, 15) is 4.79 Å². The van der Waals surface area contributed by atoms with Gasteiger partial charge in [-0.1, -0.05) is 15.9 Å². The number of rotatable bonds is 5. The number of halogens is 1. The Labute approximate surface area is 154 Å². The van der Waals surface area contributed by atoms with E-state index >= 15 is 0 Å². The Hall–Kier alpha value is -2.86. The SMILES string of the molecule is COc1ccc(NC(=O)c2cccnc2Nc2ccc(Br)cc2)cc1. The van der Waals surface area contributed by atoms with Crippen LogP contribution in [0.2, 0.25) is 0 Å². The van der Waals surface area contributed by atoms with Crippen LogP contribution in [0.5, 0.6) is 5.75 Å². The van der Waals surface area contributed by atoms with Gasteiger partial charge in [0.05, 0.1) is 12.7 Å². The summed E-state index contributed by atoms with van der Waals surface area (Å²) in [7, 11) is 1.60. The molecule has 2 N–H and O–H groups in total. The molecule has 0 aliphatic rings. The number of ether oxygens (including phenoxy) is 1. The number of nitrogens with zero attached hydrogens (tertiary/aromatic N) is 1. The smallest absolute Gasteiger partial charge is 0.259 e. The first-order valence-corrected chi connectivity index (χ1v) is 8.38. The molecule has 0 aliphatic heterocycles. The Bertz CT molecular complexity index is 865. The molecule has 5 nitrogen and oxygen atoms in total. The third kappa shape index (κ3) is 4.36. The van der Waals surface area contributed by atoms with Gasteiger partial charge in [-0.3, -0.25) is 4.79 Å². The topological polar surface area (TPSA) is 63.2 Å². The van der Waals surface area contributed by atoms with E-state index in [0.29, 0.717) is 17.1 Å². The molecule has 0 bridgehead atoms. The van der Waals surface area contributed by atoms with Crippen molar-refractivity contribution in [2.24, 2.45) is 0 Å². The monoisotopic (exact) mass is 397 g/mol. The molecule has 0 atom stereocenters. The fourth-order valence-corrected chi connectivity index (χ4v) is 2.50. The van der Waals surface area contributed by atoms with E-state index in [1.54, 1.807) is 49.7 Å². The number of carbonyl (C=O) groups excluding carboxylic acids is 1. The summed E-state index contributed by atoms with van der Waals surface area (Å²) in [5.74, 6) is 0.991. The van der Waals surface area contributed by atoms with E-state index < -0.39 is 0 Å². The van der Waals surface area contributed by atoms with Crippen LogP contribution in [0, 0.1) is 0 Å². The average molecular weight is 398 g/mol. The fourth-order valence-electron chi connectivity index (χ4n) is 2.23. The van der Waals surface area contributed by atoms with E-state index in [0.717, 1.165) is 15.9 Å². The van der Waals surface area contributed by atoms with E-state index in [4.69, 9.17) is 4.74 Å². The minimum absolute atomic E-state index is 0.238. The molecule has 0 spiro atoms. The van der Waals surface area contributed by atoms with Crippen molar-refractivity contribution in [1.82, 2.24) is 4.98 Å². The van der Waals surface area contributed by atoms with Crippen molar-refractivity contribution in [1.29, 1.82) is 0 Å². The first-order valence-electron chi connectivity index (χ1n) is 7.59. The summed E-state index contributed by atoms with van der Waals surface area (Å²) in [4.78, 5) is 16.9. The summed E-state index contributed by atoms with van der Waals surface area (Å²) in [5, 5.41) is 6.03. The Kier molecular flexibility index (Phi) is 5.30. The number of methoxy groups -OCH3 is 1. The predicted molar refractivity (Wildman–Crippen MR) is 103 cm³/mol. The quantitative estimate of drug-likeness (QED) is 0.645. The van der Waals surface area contributed by atoms with E-state index in [2.05, 4.69) is 31.5 Å². The lowest BCUT2D eigenvalue weighted by molar-refractivity contribution is 0.102. The molecule has 0 radical (unpaired) electrons. The van der Waals surface area contributed by atoms with E-state index in [1.807, 2.05) is 24.3 Å². The minimum atomic E-state index is -0.238. The molecule has 0 saturated heterocycles. The van der Waals surface area contributed by atoms with Crippen molar-refractivity contribution in [2.75, 3.05) is 17.7 Å². The molecule has 1 amide bonds. The molecule has 126 valence electrons. The van der Waals surface area contributed by atoms with Gasteiger partial charge >= 0.3 is 0 Å². The van der Waals surface area contributed by atoms with Crippen LogP contribution in [0.4, 0.5) is 17.2 Å². The van der Waals surface area contributed by atoms with Gasteiger partial charge in [-0.2, -0.15) is 0 Å². The summed E-state index contributed by atoms with van der Waals surface area (Å²) in [6.45, 7) is 0. The van der Waals surface area contributed by atoms with Crippen LogP contribution in [0.3, 0.4) is 0 Å². The highest BCUT2D eigenvalue weighted by atomic mass is 79.9. The van der Waals surface area contributed by atoms with Crippen LogP contribution in [-0.4, -0.2) is 18.0 Å². The standard InChI is InChI=1S/C19H16BrN3O2/c1-25-16-10-8-15(9-11-16)23-19(24)17-3-2-12-21-18(17)22-14-6-4-13(20)5-7-14/h2-12H,1H3,(H,21,22)(H,23,24). The summed E-state index contributed by atoms with van der Waals surface area (Å²) >= 11 is 3.40. The van der Waals surface area contributed by atoms with Gasteiger partial charge in [0.25, 0.3) is 5.91 Å². The van der Waals surface area contributed by atoms with Gasteiger partial charge in [0, 0.05) is 22.0 Å². The van der Waals surface area contributed by atoms with Crippen molar-refractivity contribution < 1.29 is 9.53 Å². The molecular formula is C19H16BrN3O2. The van der Waals surface area contributed by atoms with Crippen LogP contribution in [0.15, 0.2) is 71.3 Å². The maximum atomic E-state index is 12.6. The van der Waals surface area contributed by atoms with Gasteiger partial charge in [0.1, 0.15) is 11.6 Å². The molecule has 25 heavy (non-hydrogen) atoms. The Morgan fingerprint density at radius 2 is 1.68 bits per heavy atom. The summed E-state index contributed by atoms with van der Waals surface area (Å²) in [5.41, 5.74) is 1.99. The van der Waals surface area contributed by atoms with Crippen molar-refractivity contribution in [2.45, 2.75) is 0 Å². The molecule has 0 unspecified atom stereocenters. The Balaban J connectivity index is 1.79. The number of carbonyl (C=O) groups is 1. The highest BCUT2D eigenvalue weighted by Crippen LogP contribution is 2.22. The van der Waals surface area contributed by atoms with Crippen LogP contribution >= 0.6 is 15.9 Å². The van der Waals surface area contributed by atoms with Gasteiger partial charge in [-0.05, 0) is 60.7 Å². The van der Waals surface area contributed by atoms with Gasteiger partial charge in [-0.25, -0.2) is 4.98 Å². The number of anilines is 3. The molecule has 6 heteroatoms. The summed E-state index contributed by atoms with van der Waals surface area (Å²) in [6.07, 6.45) is 1.64. The Morgan fingerprint density at radius 1 is 1.00 bits per heavy atom. The number of aromatic nitrogens is 1. The van der Waals surface area contributed by atoms with E-state index in [-0.39, 0.29) is 5.91 Å². The number of benzene rings is 2. The van der Waals surface area contributed by atoms with Crippen molar-refractivity contribution >= 4 is 39.0 Å². The number of pyridine rings is 1. The van der Waals surface area contributed by atoms with E-state index in [1.165, 1.54) is 0 Å². The molecule has 3 aromatic rings. The second kappa shape index (κ2) is 7.81. The number of amides is 1. The number of hydrogen-bond donors (Lipinski definition) is 2. The highest BCUT2D eigenvalue weighted by molar-refractivity contribution is 9.10. The van der Waals surface area contributed by atoms with Crippen LogP contribution in [-0.2, 0) is 0 Å². The third-order valence-corrected chi connectivity index (χ3v) is 4.04. The molecule has 0 saturated carbocycles. The molecule has 0 fully saturated rings. The lowest BCUT2D eigenvalue weighted by atomic mass is 10.2. The maximum absolute atomic E-state index is 12.6. The van der Waals surface area contributed by atoms with Crippen LogP contribution in [0.1, 0.15) is 10.4 Å². The molecule has 2 aromatic carbocycles. The van der Waals surface area contributed by atoms with Crippen molar-refractivity contribution in [3.63, 3.8) is 0 Å². The lowest BCUT2D eigenvalue weighted by Gasteiger charge is -2.11. The highest BCUT2D eigenvalue weighted by Gasteiger charge is 2.13. The molecule has 3 rings (SSSR count). The normalized spacial score (nSPS) is 10.2. The van der Waals surface area contributed by atoms with Crippen molar-refractivity contribution in [3.05, 3.63) is 76.9 Å². The second-order valence-corrected chi connectivity index (χ2v) is 6.13. The first-order chi connectivity index (χ1) is 12.2. The van der Waals surface area contributed by atoms with Gasteiger partial charge in [0.15, 0.2) is 0 Å². The summed E-state index contributed by atoms with van der Waals surface area (Å²) < 4.78 is 6.10. The summed E-state index contributed by atoms with van der Waals surface area (Å²) in [6, 6.07) is 18.3. The molecule has 0 aliphatic carbocycles. The molecule has 1 aromatic heterocycles. The third-order valence-electron chi connectivity index (χ3n) is 3.51. The van der Waals surface area contributed by atoms with Gasteiger partial charge in [0.2, 0.25) is 0 Å². The molecular weight excluding hydrogens is 382 g/mol. The number of nitrogens with one attached hydrogen (secondary N) is 2. The maximum Gasteiger partial charge on any atom is 0.259 e. The predicted octanol–water partition coefficient (Wildman–Crippen LogP) is 4.85. The van der Waals surface area contributed by atoms with Crippen LogP contribution in [0.25, 0.3) is 0 Å². The number of hydrogen-bond acceptors (Lipinski definition) is 4. The zero-order valence-electron chi connectivity index (χ0n) is 13.5. The zero-order valence-corrected chi connectivity index (χ0v) is 15.1. The Morgan fingerprint density at radius 3 is 2.36 bits per heavy atom. The van der Waals surface area contributed by atoms with Crippen molar-refractivity contribution in [3.8, 4) is 5.75 Å². The molecule has 1 heterocycles.